The summed E-state index contributed by atoms with van der Waals surface area (Å²) in [5, 5.41) is 12.9. The van der Waals surface area contributed by atoms with Crippen molar-refractivity contribution in [3.8, 4) is 0 Å². The highest BCUT2D eigenvalue weighted by atomic mass is 35.5. The van der Waals surface area contributed by atoms with Crippen molar-refractivity contribution in [2.75, 3.05) is 5.32 Å². The molecular formula is C26H28ClN3O3. The number of nitrogens with zero attached hydrogens (tertiary/aromatic N) is 1. The van der Waals surface area contributed by atoms with Crippen molar-refractivity contribution < 1.29 is 14.7 Å². The number of carbonyl (C=O) groups is 2. The molecule has 7 heteroatoms. The second-order valence-electron chi connectivity index (χ2n) is 8.22. The Morgan fingerprint density at radius 2 is 1.48 bits per heavy atom. The number of carbonyl (C=O) groups excluding carboxylic acids is 1. The summed E-state index contributed by atoms with van der Waals surface area (Å²) in [6.45, 7) is 0.125. The average Bonchev–Trinajstić information content (AvgIpc) is 3.54. The highest BCUT2D eigenvalue weighted by molar-refractivity contribution is 5.96. The lowest BCUT2D eigenvalue weighted by molar-refractivity contribution is -0.121. The van der Waals surface area contributed by atoms with E-state index in [0.29, 0.717) is 11.6 Å². The summed E-state index contributed by atoms with van der Waals surface area (Å²) < 4.78 is 0. The number of rotatable bonds is 8. The molecule has 1 unspecified atom stereocenters. The number of anilines is 1. The number of hydrogen-bond acceptors (Lipinski definition) is 3. The minimum Gasteiger partial charge on any atom is -0.465 e. The largest absolute Gasteiger partial charge is 0.465 e. The van der Waals surface area contributed by atoms with Gasteiger partial charge in [0.1, 0.15) is 6.04 Å². The standard InChI is InChI=1S/C26H27N3O3.ClH/c27-23-16-22(23)20-11-13-21(14-12-20)28-25(30)24(15-18-7-3-1-4-8-18)29(26(31)32)17-19-9-5-2-6-10-19;/h1-14,22-24H,15-17,27H2,(H,28,30)(H,31,32);1H/t22-,23-,24?;/m0./s1. The Morgan fingerprint density at radius 1 is 0.939 bits per heavy atom. The quantitative estimate of drug-likeness (QED) is 0.451. The number of carboxylic acid groups (broad SMARTS) is 1. The molecule has 2 amide bonds. The Balaban J connectivity index is 0.00000306. The Labute approximate surface area is 199 Å². The summed E-state index contributed by atoms with van der Waals surface area (Å²) in [6.07, 6.45) is 0.127. The molecule has 172 valence electrons. The minimum atomic E-state index is -1.14. The van der Waals surface area contributed by atoms with Gasteiger partial charge in [0, 0.05) is 30.6 Å². The molecule has 0 radical (unpaired) electrons. The van der Waals surface area contributed by atoms with Gasteiger partial charge in [-0.2, -0.15) is 0 Å². The molecule has 1 fully saturated rings. The van der Waals surface area contributed by atoms with Crippen LogP contribution in [0, 0.1) is 0 Å². The van der Waals surface area contributed by atoms with Crippen LogP contribution in [-0.2, 0) is 17.8 Å². The zero-order valence-electron chi connectivity index (χ0n) is 18.1. The number of hydrogen-bond donors (Lipinski definition) is 3. The highest BCUT2D eigenvalue weighted by Gasteiger charge is 2.35. The predicted molar refractivity (Wildman–Crippen MR) is 132 cm³/mol. The van der Waals surface area contributed by atoms with Gasteiger partial charge in [-0.1, -0.05) is 72.8 Å². The van der Waals surface area contributed by atoms with Crippen LogP contribution >= 0.6 is 12.4 Å². The maximum absolute atomic E-state index is 13.3. The first-order valence-corrected chi connectivity index (χ1v) is 10.7. The molecule has 0 aromatic heterocycles. The third kappa shape index (κ3) is 6.34. The van der Waals surface area contributed by atoms with Crippen molar-refractivity contribution >= 4 is 30.1 Å². The number of benzene rings is 3. The molecule has 0 aliphatic heterocycles. The molecule has 3 aromatic carbocycles. The van der Waals surface area contributed by atoms with Gasteiger partial charge in [0.2, 0.25) is 5.91 Å². The van der Waals surface area contributed by atoms with Crippen LogP contribution in [0.3, 0.4) is 0 Å². The fourth-order valence-electron chi connectivity index (χ4n) is 3.91. The molecule has 3 aromatic rings. The van der Waals surface area contributed by atoms with Gasteiger partial charge in [0.15, 0.2) is 0 Å². The number of amides is 2. The fraction of sp³-hybridized carbons (Fsp3) is 0.231. The van der Waals surface area contributed by atoms with E-state index in [1.807, 2.05) is 84.9 Å². The normalized spacial score (nSPS) is 17.4. The summed E-state index contributed by atoms with van der Waals surface area (Å²) in [5.41, 5.74) is 9.44. The third-order valence-electron chi connectivity index (χ3n) is 5.84. The van der Waals surface area contributed by atoms with E-state index < -0.39 is 12.1 Å². The van der Waals surface area contributed by atoms with E-state index in [2.05, 4.69) is 5.32 Å². The van der Waals surface area contributed by atoms with Gasteiger partial charge in [0.25, 0.3) is 0 Å². The van der Waals surface area contributed by atoms with Crippen LogP contribution in [0.4, 0.5) is 10.5 Å². The monoisotopic (exact) mass is 465 g/mol. The summed E-state index contributed by atoms with van der Waals surface area (Å²) in [7, 11) is 0. The molecule has 0 saturated heterocycles. The van der Waals surface area contributed by atoms with Crippen LogP contribution in [0.25, 0.3) is 0 Å². The topological polar surface area (TPSA) is 95.7 Å². The van der Waals surface area contributed by atoms with E-state index >= 15 is 0 Å². The van der Waals surface area contributed by atoms with Crippen molar-refractivity contribution in [1.29, 1.82) is 0 Å². The van der Waals surface area contributed by atoms with E-state index in [0.717, 1.165) is 23.1 Å². The first kappa shape index (κ1) is 24.3. The smallest absolute Gasteiger partial charge is 0.408 e. The molecule has 1 saturated carbocycles. The Kier molecular flexibility index (Phi) is 8.09. The number of nitrogens with one attached hydrogen (secondary N) is 1. The van der Waals surface area contributed by atoms with Gasteiger partial charge in [-0.15, -0.1) is 12.4 Å². The second-order valence-corrected chi connectivity index (χ2v) is 8.22. The lowest BCUT2D eigenvalue weighted by atomic mass is 10.0. The van der Waals surface area contributed by atoms with Crippen molar-refractivity contribution in [3.05, 3.63) is 102 Å². The molecule has 4 rings (SSSR count). The SMILES string of the molecule is Cl.N[C@H]1C[C@H]1c1ccc(NC(=O)C(Cc2ccccc2)N(Cc2ccccc2)C(=O)O)cc1. The zero-order chi connectivity index (χ0) is 22.5. The zero-order valence-corrected chi connectivity index (χ0v) is 18.9. The first-order chi connectivity index (χ1) is 15.5. The highest BCUT2D eigenvalue weighted by Crippen LogP contribution is 2.39. The number of halogens is 1. The van der Waals surface area contributed by atoms with Crippen LogP contribution in [0.1, 0.15) is 29.0 Å². The molecule has 6 nitrogen and oxygen atoms in total. The van der Waals surface area contributed by atoms with Crippen LogP contribution in [0.15, 0.2) is 84.9 Å². The number of nitrogens with two attached hydrogens (primary N) is 1. The Morgan fingerprint density at radius 3 is 2.00 bits per heavy atom. The fourth-order valence-corrected chi connectivity index (χ4v) is 3.91. The van der Waals surface area contributed by atoms with E-state index in [1.54, 1.807) is 0 Å². The van der Waals surface area contributed by atoms with Crippen LogP contribution in [0.5, 0.6) is 0 Å². The predicted octanol–water partition coefficient (Wildman–Crippen LogP) is 4.65. The summed E-state index contributed by atoms with van der Waals surface area (Å²) in [5.74, 6) is 0.0296. The molecule has 0 spiro atoms. The van der Waals surface area contributed by atoms with Crippen LogP contribution < -0.4 is 11.1 Å². The van der Waals surface area contributed by atoms with Gasteiger partial charge in [-0.25, -0.2) is 4.79 Å². The summed E-state index contributed by atoms with van der Waals surface area (Å²) >= 11 is 0. The summed E-state index contributed by atoms with van der Waals surface area (Å²) in [4.78, 5) is 26.7. The van der Waals surface area contributed by atoms with Gasteiger partial charge in [-0.05, 0) is 35.2 Å². The Bertz CT molecular complexity index is 1060. The molecule has 0 bridgehead atoms. The van der Waals surface area contributed by atoms with Gasteiger partial charge in [-0.3, -0.25) is 9.69 Å². The van der Waals surface area contributed by atoms with Gasteiger partial charge in [0.05, 0.1) is 0 Å². The lowest BCUT2D eigenvalue weighted by Crippen LogP contribution is -2.47. The molecule has 4 N–H and O–H groups in total. The van der Waals surface area contributed by atoms with Crippen molar-refractivity contribution in [1.82, 2.24) is 4.90 Å². The maximum atomic E-state index is 13.3. The van der Waals surface area contributed by atoms with Crippen molar-refractivity contribution in [2.24, 2.45) is 5.73 Å². The van der Waals surface area contributed by atoms with Gasteiger partial charge < -0.3 is 16.2 Å². The van der Waals surface area contributed by atoms with Gasteiger partial charge >= 0.3 is 6.09 Å². The molecule has 0 heterocycles. The molecular weight excluding hydrogens is 438 g/mol. The van der Waals surface area contributed by atoms with E-state index in [9.17, 15) is 14.7 Å². The van der Waals surface area contributed by atoms with E-state index in [-0.39, 0.29) is 37.3 Å². The molecule has 33 heavy (non-hydrogen) atoms. The molecule has 1 aliphatic rings. The Hall–Kier alpha value is -3.35. The maximum Gasteiger partial charge on any atom is 0.408 e. The first-order valence-electron chi connectivity index (χ1n) is 10.7. The van der Waals surface area contributed by atoms with Crippen molar-refractivity contribution in [3.63, 3.8) is 0 Å². The van der Waals surface area contributed by atoms with Crippen LogP contribution in [-0.4, -0.2) is 34.1 Å². The lowest BCUT2D eigenvalue weighted by Gasteiger charge is -2.29. The minimum absolute atomic E-state index is 0. The summed E-state index contributed by atoms with van der Waals surface area (Å²) in [6, 6.07) is 25.7. The third-order valence-corrected chi connectivity index (χ3v) is 5.84. The van der Waals surface area contributed by atoms with Crippen LogP contribution in [0.2, 0.25) is 0 Å². The van der Waals surface area contributed by atoms with Crippen molar-refractivity contribution in [2.45, 2.75) is 37.4 Å². The molecule has 1 aliphatic carbocycles. The molecule has 3 atom stereocenters. The van der Waals surface area contributed by atoms with E-state index in [4.69, 9.17) is 5.73 Å². The average molecular weight is 466 g/mol. The second kappa shape index (κ2) is 11.0. The van der Waals surface area contributed by atoms with E-state index in [1.165, 1.54) is 4.90 Å².